The lowest BCUT2D eigenvalue weighted by molar-refractivity contribution is -0.117. The summed E-state index contributed by atoms with van der Waals surface area (Å²) in [5.74, 6) is 1.74. The Morgan fingerprint density at radius 1 is 0.588 bits per heavy atom. The molecule has 2 amide bonds. The average molecular weight is 469 g/mol. The minimum absolute atomic E-state index is 0.0452. The van der Waals surface area contributed by atoms with Gasteiger partial charge in [-0.05, 0) is 74.2 Å². The zero-order chi connectivity index (χ0) is 24.4. The van der Waals surface area contributed by atoms with Crippen LogP contribution in [-0.2, 0) is 9.59 Å². The van der Waals surface area contributed by atoms with Gasteiger partial charge in [-0.2, -0.15) is 0 Å². The van der Waals surface area contributed by atoms with E-state index in [4.69, 9.17) is 9.47 Å². The summed E-state index contributed by atoms with van der Waals surface area (Å²) in [5, 5.41) is 5.87. The van der Waals surface area contributed by atoms with E-state index >= 15 is 0 Å². The number of carbonyl (C=O) groups excluding carboxylic acids is 2. The molecular weight excluding hydrogens is 428 g/mol. The van der Waals surface area contributed by atoms with Crippen molar-refractivity contribution in [1.29, 1.82) is 0 Å². The SMILES string of the molecule is CCCOc1ccc(NC(=O)CCCCCCCCC(=O)Nc2ccc(OCCC)cc2)cc1. The van der Waals surface area contributed by atoms with Gasteiger partial charge < -0.3 is 20.1 Å². The molecule has 0 aliphatic rings. The van der Waals surface area contributed by atoms with Crippen LogP contribution < -0.4 is 20.1 Å². The molecule has 0 spiro atoms. The summed E-state index contributed by atoms with van der Waals surface area (Å²) in [5.41, 5.74) is 1.60. The van der Waals surface area contributed by atoms with Crippen LogP contribution in [0, 0.1) is 0 Å². The van der Waals surface area contributed by atoms with Crippen molar-refractivity contribution in [2.75, 3.05) is 23.8 Å². The summed E-state index contributed by atoms with van der Waals surface area (Å²) in [6, 6.07) is 15.0. The monoisotopic (exact) mass is 468 g/mol. The first-order valence-corrected chi connectivity index (χ1v) is 12.7. The highest BCUT2D eigenvalue weighted by Gasteiger charge is 2.05. The first kappa shape index (κ1) is 27.2. The Labute approximate surface area is 204 Å². The Morgan fingerprint density at radius 2 is 0.941 bits per heavy atom. The van der Waals surface area contributed by atoms with E-state index in [-0.39, 0.29) is 11.8 Å². The molecule has 2 aromatic carbocycles. The van der Waals surface area contributed by atoms with Gasteiger partial charge in [-0.1, -0.05) is 39.5 Å². The number of ether oxygens (including phenoxy) is 2. The van der Waals surface area contributed by atoms with E-state index in [2.05, 4.69) is 24.5 Å². The second-order valence-corrected chi connectivity index (χ2v) is 8.46. The zero-order valence-corrected chi connectivity index (χ0v) is 20.7. The van der Waals surface area contributed by atoms with Crippen molar-refractivity contribution >= 4 is 23.2 Å². The highest BCUT2D eigenvalue weighted by atomic mass is 16.5. The van der Waals surface area contributed by atoms with Crippen molar-refractivity contribution in [1.82, 2.24) is 0 Å². The lowest BCUT2D eigenvalue weighted by atomic mass is 10.1. The first-order chi connectivity index (χ1) is 16.6. The summed E-state index contributed by atoms with van der Waals surface area (Å²) in [7, 11) is 0. The van der Waals surface area contributed by atoms with E-state index in [1.165, 1.54) is 0 Å². The molecule has 2 aromatic rings. The van der Waals surface area contributed by atoms with Gasteiger partial charge >= 0.3 is 0 Å². The van der Waals surface area contributed by atoms with Gasteiger partial charge in [-0.15, -0.1) is 0 Å². The summed E-state index contributed by atoms with van der Waals surface area (Å²) >= 11 is 0. The summed E-state index contributed by atoms with van der Waals surface area (Å²) in [6.45, 7) is 5.53. The maximum Gasteiger partial charge on any atom is 0.224 e. The Hall–Kier alpha value is -3.02. The van der Waals surface area contributed by atoms with Gasteiger partial charge in [-0.25, -0.2) is 0 Å². The van der Waals surface area contributed by atoms with E-state index in [0.717, 1.165) is 74.2 Å². The first-order valence-electron chi connectivity index (χ1n) is 12.7. The van der Waals surface area contributed by atoms with Crippen LogP contribution in [0.15, 0.2) is 48.5 Å². The maximum atomic E-state index is 12.1. The molecule has 0 radical (unpaired) electrons. The normalized spacial score (nSPS) is 10.5. The van der Waals surface area contributed by atoms with Gasteiger partial charge in [0.25, 0.3) is 0 Å². The molecule has 0 bridgehead atoms. The second kappa shape index (κ2) is 16.6. The highest BCUT2D eigenvalue weighted by Crippen LogP contribution is 2.18. The molecule has 6 heteroatoms. The number of hydrogen-bond acceptors (Lipinski definition) is 4. The molecular formula is C28H40N2O4. The second-order valence-electron chi connectivity index (χ2n) is 8.46. The molecule has 0 saturated heterocycles. The highest BCUT2D eigenvalue weighted by molar-refractivity contribution is 5.91. The van der Waals surface area contributed by atoms with Gasteiger partial charge in [0.05, 0.1) is 13.2 Å². The Balaban J connectivity index is 1.47. The van der Waals surface area contributed by atoms with Gasteiger partial charge in [0.15, 0.2) is 0 Å². The maximum absolute atomic E-state index is 12.1. The fourth-order valence-electron chi connectivity index (χ4n) is 3.43. The van der Waals surface area contributed by atoms with Gasteiger partial charge in [0, 0.05) is 24.2 Å². The molecule has 0 aromatic heterocycles. The smallest absolute Gasteiger partial charge is 0.224 e. The fourth-order valence-corrected chi connectivity index (χ4v) is 3.43. The van der Waals surface area contributed by atoms with Crippen LogP contribution in [-0.4, -0.2) is 25.0 Å². The summed E-state index contributed by atoms with van der Waals surface area (Å²) in [4.78, 5) is 24.2. The molecule has 2 rings (SSSR count). The molecule has 2 N–H and O–H groups in total. The van der Waals surface area contributed by atoms with Crippen LogP contribution in [0.25, 0.3) is 0 Å². The molecule has 6 nitrogen and oxygen atoms in total. The van der Waals surface area contributed by atoms with Crippen LogP contribution in [0.4, 0.5) is 11.4 Å². The Morgan fingerprint density at radius 3 is 1.29 bits per heavy atom. The van der Waals surface area contributed by atoms with Crippen molar-refractivity contribution in [3.05, 3.63) is 48.5 Å². The molecule has 0 heterocycles. The topological polar surface area (TPSA) is 76.7 Å². The van der Waals surface area contributed by atoms with Gasteiger partial charge in [0.2, 0.25) is 11.8 Å². The predicted octanol–water partition coefficient (Wildman–Crippen LogP) is 6.96. The van der Waals surface area contributed by atoms with E-state index in [0.29, 0.717) is 26.1 Å². The minimum atomic E-state index is 0.0452. The molecule has 0 aliphatic heterocycles. The Kier molecular flexibility index (Phi) is 13.3. The lowest BCUT2D eigenvalue weighted by Gasteiger charge is -2.08. The third kappa shape index (κ3) is 11.7. The summed E-state index contributed by atoms with van der Waals surface area (Å²) < 4.78 is 11.1. The van der Waals surface area contributed by atoms with E-state index in [1.807, 2.05) is 48.5 Å². The third-order valence-corrected chi connectivity index (χ3v) is 5.28. The van der Waals surface area contributed by atoms with Gasteiger partial charge in [-0.3, -0.25) is 9.59 Å². The van der Waals surface area contributed by atoms with Crippen molar-refractivity contribution in [3.63, 3.8) is 0 Å². The number of carbonyl (C=O) groups is 2. The molecule has 0 atom stereocenters. The standard InChI is InChI=1S/C28H40N2O4/c1-3-21-33-25-17-13-23(14-18-25)29-27(31)11-9-7-5-6-8-10-12-28(32)30-24-15-19-26(20-16-24)34-22-4-2/h13-20H,3-12,21-22H2,1-2H3,(H,29,31)(H,30,32). The lowest BCUT2D eigenvalue weighted by Crippen LogP contribution is -2.11. The average Bonchev–Trinajstić information content (AvgIpc) is 2.84. The Bertz CT molecular complexity index is 763. The predicted molar refractivity (Wildman–Crippen MR) is 139 cm³/mol. The molecule has 34 heavy (non-hydrogen) atoms. The number of benzene rings is 2. The number of hydrogen-bond donors (Lipinski definition) is 2. The largest absolute Gasteiger partial charge is 0.494 e. The van der Waals surface area contributed by atoms with Crippen LogP contribution >= 0.6 is 0 Å². The number of anilines is 2. The third-order valence-electron chi connectivity index (χ3n) is 5.28. The van der Waals surface area contributed by atoms with Crippen molar-refractivity contribution in [2.24, 2.45) is 0 Å². The van der Waals surface area contributed by atoms with Crippen LogP contribution in [0.5, 0.6) is 11.5 Å². The van der Waals surface area contributed by atoms with Crippen LogP contribution in [0.2, 0.25) is 0 Å². The summed E-state index contributed by atoms with van der Waals surface area (Å²) in [6.07, 6.45) is 8.96. The molecule has 186 valence electrons. The van der Waals surface area contributed by atoms with E-state index < -0.39 is 0 Å². The van der Waals surface area contributed by atoms with E-state index in [1.54, 1.807) is 0 Å². The zero-order valence-electron chi connectivity index (χ0n) is 20.7. The van der Waals surface area contributed by atoms with E-state index in [9.17, 15) is 9.59 Å². The van der Waals surface area contributed by atoms with Crippen molar-refractivity contribution in [2.45, 2.75) is 78.1 Å². The number of nitrogens with one attached hydrogen (secondary N) is 2. The quantitative estimate of drug-likeness (QED) is 0.246. The fraction of sp³-hybridized carbons (Fsp3) is 0.500. The molecule has 0 saturated carbocycles. The van der Waals surface area contributed by atoms with Crippen LogP contribution in [0.3, 0.4) is 0 Å². The molecule has 0 aliphatic carbocycles. The molecule has 0 fully saturated rings. The van der Waals surface area contributed by atoms with Crippen molar-refractivity contribution in [3.8, 4) is 11.5 Å². The van der Waals surface area contributed by atoms with Crippen molar-refractivity contribution < 1.29 is 19.1 Å². The number of rotatable bonds is 17. The number of unbranched alkanes of at least 4 members (excludes halogenated alkanes) is 5. The molecule has 0 unspecified atom stereocenters. The minimum Gasteiger partial charge on any atom is -0.494 e. The van der Waals surface area contributed by atoms with Gasteiger partial charge in [0.1, 0.15) is 11.5 Å². The number of amides is 2. The van der Waals surface area contributed by atoms with Crippen LogP contribution in [0.1, 0.15) is 78.1 Å².